The smallest absolute Gasteiger partial charge is 0.0725 e. The summed E-state index contributed by atoms with van der Waals surface area (Å²) in [5.74, 6) is 0. The van der Waals surface area contributed by atoms with Gasteiger partial charge in [0.05, 0.1) is 6.17 Å². The highest BCUT2D eigenvalue weighted by molar-refractivity contribution is 4.60. The lowest BCUT2D eigenvalue weighted by Gasteiger charge is -2.33. The number of hydrogen-bond acceptors (Lipinski definition) is 3. The van der Waals surface area contributed by atoms with Crippen molar-refractivity contribution in [1.29, 1.82) is 0 Å². The summed E-state index contributed by atoms with van der Waals surface area (Å²) in [6, 6.07) is 0. The van der Waals surface area contributed by atoms with Crippen molar-refractivity contribution in [2.24, 2.45) is 0 Å². The second kappa shape index (κ2) is 6.40. The first-order valence-electron chi connectivity index (χ1n) is 4.87. The maximum absolute atomic E-state index is 3.29. The molecule has 1 N–H and O–H groups in total. The molecule has 3 heteroatoms. The fraction of sp³-hybridized carbons (Fsp3) is 1.00. The average molecular weight is 173 g/mol. The van der Waals surface area contributed by atoms with Crippen LogP contribution in [0.1, 0.15) is 27.7 Å². The van der Waals surface area contributed by atoms with Gasteiger partial charge in [-0.1, -0.05) is 20.8 Å². The molecule has 3 nitrogen and oxygen atoms in total. The third kappa shape index (κ3) is 3.52. The molecule has 0 saturated carbocycles. The standard InChI is InChI=1S/C9H23N3/c1-6-10-11(5)9(4)12(7-2)8-3/h9-10H,6-8H2,1-5H3. The number of rotatable bonds is 6. The lowest BCUT2D eigenvalue weighted by molar-refractivity contribution is 0.0460. The van der Waals surface area contributed by atoms with Crippen LogP contribution in [0.5, 0.6) is 0 Å². The van der Waals surface area contributed by atoms with Gasteiger partial charge in [-0.05, 0) is 20.0 Å². The summed E-state index contributed by atoms with van der Waals surface area (Å²) in [6.07, 6.45) is 0.472. The molecule has 1 atom stereocenters. The maximum Gasteiger partial charge on any atom is 0.0725 e. The first-order valence-corrected chi connectivity index (χ1v) is 4.87. The first-order chi connectivity index (χ1) is 5.67. The Kier molecular flexibility index (Phi) is 6.34. The van der Waals surface area contributed by atoms with Crippen LogP contribution in [0.2, 0.25) is 0 Å². The van der Waals surface area contributed by atoms with Gasteiger partial charge in [-0.2, -0.15) is 0 Å². The second-order valence-electron chi connectivity index (χ2n) is 2.98. The Labute approximate surface area is 76.7 Å². The van der Waals surface area contributed by atoms with Gasteiger partial charge in [0, 0.05) is 13.6 Å². The van der Waals surface area contributed by atoms with Gasteiger partial charge < -0.3 is 0 Å². The SMILES string of the molecule is CCNN(C)C(C)N(CC)CC. The van der Waals surface area contributed by atoms with E-state index in [0.29, 0.717) is 6.17 Å². The van der Waals surface area contributed by atoms with Crippen molar-refractivity contribution in [2.45, 2.75) is 33.9 Å². The Hall–Kier alpha value is -0.120. The Balaban J connectivity index is 3.87. The predicted molar refractivity (Wildman–Crippen MR) is 53.8 cm³/mol. The fourth-order valence-corrected chi connectivity index (χ4v) is 1.38. The summed E-state index contributed by atoms with van der Waals surface area (Å²) in [6.45, 7) is 11.9. The Morgan fingerprint density at radius 1 is 1.17 bits per heavy atom. The lowest BCUT2D eigenvalue weighted by atomic mass is 10.4. The quantitative estimate of drug-likeness (QED) is 0.480. The lowest BCUT2D eigenvalue weighted by Crippen LogP contribution is -2.50. The largest absolute Gasteiger partial charge is 0.288 e. The fourth-order valence-electron chi connectivity index (χ4n) is 1.38. The number of nitrogens with zero attached hydrogens (tertiary/aromatic N) is 2. The molecular weight excluding hydrogens is 150 g/mol. The van der Waals surface area contributed by atoms with E-state index in [1.54, 1.807) is 0 Å². The highest BCUT2D eigenvalue weighted by atomic mass is 15.6. The van der Waals surface area contributed by atoms with Crippen LogP contribution in [0.15, 0.2) is 0 Å². The van der Waals surface area contributed by atoms with Crippen LogP contribution >= 0.6 is 0 Å². The van der Waals surface area contributed by atoms with Crippen molar-refractivity contribution in [3.8, 4) is 0 Å². The molecule has 0 aromatic rings. The molecule has 0 aliphatic heterocycles. The van der Waals surface area contributed by atoms with Crippen molar-refractivity contribution in [1.82, 2.24) is 15.3 Å². The predicted octanol–water partition coefficient (Wildman–Crippen LogP) is 1.13. The molecule has 12 heavy (non-hydrogen) atoms. The Morgan fingerprint density at radius 3 is 2.00 bits per heavy atom. The third-order valence-corrected chi connectivity index (χ3v) is 2.31. The molecule has 1 unspecified atom stereocenters. The van der Waals surface area contributed by atoms with Crippen molar-refractivity contribution >= 4 is 0 Å². The molecule has 0 fully saturated rings. The zero-order chi connectivity index (χ0) is 9.56. The monoisotopic (exact) mass is 173 g/mol. The second-order valence-corrected chi connectivity index (χ2v) is 2.98. The molecule has 0 saturated heterocycles. The van der Waals surface area contributed by atoms with E-state index < -0.39 is 0 Å². The number of hydrogen-bond donors (Lipinski definition) is 1. The Bertz CT molecular complexity index is 102. The molecule has 0 amide bonds. The van der Waals surface area contributed by atoms with Crippen LogP contribution < -0.4 is 5.43 Å². The summed E-state index contributed by atoms with van der Waals surface area (Å²) in [5.41, 5.74) is 3.29. The molecule has 0 aliphatic rings. The molecule has 0 aromatic heterocycles. The molecular formula is C9H23N3. The summed E-state index contributed by atoms with van der Waals surface area (Å²) >= 11 is 0. The van der Waals surface area contributed by atoms with Gasteiger partial charge in [0.1, 0.15) is 0 Å². The van der Waals surface area contributed by atoms with E-state index in [1.807, 2.05) is 0 Å². The molecule has 0 radical (unpaired) electrons. The van der Waals surface area contributed by atoms with E-state index in [-0.39, 0.29) is 0 Å². The van der Waals surface area contributed by atoms with Gasteiger partial charge in [0.25, 0.3) is 0 Å². The Morgan fingerprint density at radius 2 is 1.67 bits per heavy atom. The van der Waals surface area contributed by atoms with Gasteiger partial charge >= 0.3 is 0 Å². The zero-order valence-corrected chi connectivity index (χ0v) is 9.09. The maximum atomic E-state index is 3.29. The van der Waals surface area contributed by atoms with Crippen molar-refractivity contribution in [2.75, 3.05) is 26.7 Å². The minimum Gasteiger partial charge on any atom is -0.288 e. The van der Waals surface area contributed by atoms with Crippen LogP contribution in [-0.2, 0) is 0 Å². The van der Waals surface area contributed by atoms with Gasteiger partial charge in [0.15, 0.2) is 0 Å². The molecule has 0 spiro atoms. The van der Waals surface area contributed by atoms with Crippen molar-refractivity contribution < 1.29 is 0 Å². The van der Waals surface area contributed by atoms with Crippen LogP contribution in [0.4, 0.5) is 0 Å². The van der Waals surface area contributed by atoms with Crippen LogP contribution in [0.3, 0.4) is 0 Å². The summed E-state index contributed by atoms with van der Waals surface area (Å²) in [5, 5.41) is 2.16. The van der Waals surface area contributed by atoms with E-state index in [4.69, 9.17) is 0 Å². The minimum absolute atomic E-state index is 0.472. The van der Waals surface area contributed by atoms with Crippen LogP contribution in [0.25, 0.3) is 0 Å². The zero-order valence-electron chi connectivity index (χ0n) is 9.09. The molecule has 0 rings (SSSR count). The van der Waals surface area contributed by atoms with Gasteiger partial charge in [-0.25, -0.2) is 5.01 Å². The van der Waals surface area contributed by atoms with Gasteiger partial charge in [0.2, 0.25) is 0 Å². The van der Waals surface area contributed by atoms with Crippen LogP contribution in [-0.4, -0.2) is 42.8 Å². The highest BCUT2D eigenvalue weighted by Crippen LogP contribution is 1.99. The molecule has 0 heterocycles. The molecule has 0 aromatic carbocycles. The minimum atomic E-state index is 0.472. The summed E-state index contributed by atoms with van der Waals surface area (Å²) < 4.78 is 0. The van der Waals surface area contributed by atoms with Crippen molar-refractivity contribution in [3.05, 3.63) is 0 Å². The van der Waals surface area contributed by atoms with Crippen LogP contribution in [0, 0.1) is 0 Å². The van der Waals surface area contributed by atoms with E-state index in [1.165, 1.54) is 0 Å². The normalized spacial score (nSPS) is 14.2. The molecule has 0 aliphatic carbocycles. The third-order valence-electron chi connectivity index (χ3n) is 2.31. The topological polar surface area (TPSA) is 18.5 Å². The average Bonchev–Trinajstić information content (AvgIpc) is 2.07. The summed E-state index contributed by atoms with van der Waals surface area (Å²) in [7, 11) is 2.09. The number of hydrazine groups is 1. The number of nitrogens with one attached hydrogen (secondary N) is 1. The highest BCUT2D eigenvalue weighted by Gasteiger charge is 2.13. The van der Waals surface area contributed by atoms with E-state index >= 15 is 0 Å². The van der Waals surface area contributed by atoms with Gasteiger partial charge in [-0.3, -0.25) is 10.3 Å². The van der Waals surface area contributed by atoms with Gasteiger partial charge in [-0.15, -0.1) is 0 Å². The van der Waals surface area contributed by atoms with E-state index in [2.05, 4.69) is 50.1 Å². The van der Waals surface area contributed by atoms with Crippen molar-refractivity contribution in [3.63, 3.8) is 0 Å². The van der Waals surface area contributed by atoms with E-state index in [9.17, 15) is 0 Å². The summed E-state index contributed by atoms with van der Waals surface area (Å²) in [4.78, 5) is 2.41. The molecule has 74 valence electrons. The van der Waals surface area contributed by atoms with E-state index in [0.717, 1.165) is 19.6 Å². The molecule has 0 bridgehead atoms. The first kappa shape index (κ1) is 11.9.